The van der Waals surface area contributed by atoms with Crippen molar-refractivity contribution in [1.82, 2.24) is 4.98 Å². The van der Waals surface area contributed by atoms with Crippen LogP contribution >= 0.6 is 0 Å². The first-order valence-corrected chi connectivity index (χ1v) is 5.98. The number of hydrogen-bond donors (Lipinski definition) is 0. The molecule has 3 rings (SSSR count). The van der Waals surface area contributed by atoms with Crippen molar-refractivity contribution in [1.29, 1.82) is 0 Å². The van der Waals surface area contributed by atoms with Crippen molar-refractivity contribution >= 4 is 5.69 Å². The fraction of sp³-hybridized carbons (Fsp3) is 0.286. The van der Waals surface area contributed by atoms with Gasteiger partial charge in [0.2, 0.25) is 0 Å². The summed E-state index contributed by atoms with van der Waals surface area (Å²) in [4.78, 5) is 4.61. The molecule has 0 radical (unpaired) electrons. The van der Waals surface area contributed by atoms with Gasteiger partial charge in [0.05, 0.1) is 18.7 Å². The second-order valence-electron chi connectivity index (χ2n) is 4.48. The van der Waals surface area contributed by atoms with Crippen LogP contribution in [0, 0.1) is 13.8 Å². The molecule has 0 saturated carbocycles. The van der Waals surface area contributed by atoms with Crippen LogP contribution < -0.4 is 9.69 Å². The van der Waals surface area contributed by atoms with E-state index in [1.807, 2.05) is 6.07 Å². The largest absolute Gasteiger partial charge is 0.324 e. The fourth-order valence-corrected chi connectivity index (χ4v) is 2.49. The van der Waals surface area contributed by atoms with E-state index in [4.69, 9.17) is 0 Å². The van der Waals surface area contributed by atoms with Gasteiger partial charge in [0.1, 0.15) is 5.69 Å². The van der Waals surface area contributed by atoms with E-state index in [9.17, 15) is 0 Å². The molecular formula is C14H16N3+. The number of hydrogen-bond acceptors (Lipinski definition) is 2. The molecule has 0 bridgehead atoms. The van der Waals surface area contributed by atoms with Gasteiger partial charge in [-0.1, -0.05) is 18.2 Å². The van der Waals surface area contributed by atoms with Crippen LogP contribution in [-0.4, -0.2) is 11.5 Å². The lowest BCUT2D eigenvalue weighted by molar-refractivity contribution is -0.688. The smallest absolute Gasteiger partial charge is 0.211 e. The van der Waals surface area contributed by atoms with E-state index in [-0.39, 0.29) is 0 Å². The van der Waals surface area contributed by atoms with Gasteiger partial charge in [0.15, 0.2) is 5.69 Å². The topological polar surface area (TPSA) is 20.0 Å². The van der Waals surface area contributed by atoms with Crippen LogP contribution in [0.2, 0.25) is 0 Å². The van der Waals surface area contributed by atoms with Crippen molar-refractivity contribution < 1.29 is 4.68 Å². The third-order valence-electron chi connectivity index (χ3n) is 3.14. The first-order valence-electron chi connectivity index (χ1n) is 5.98. The first kappa shape index (κ1) is 10.3. The molecular weight excluding hydrogens is 210 g/mol. The highest BCUT2D eigenvalue weighted by atomic mass is 15.6. The lowest BCUT2D eigenvalue weighted by atomic mass is 10.3. The SMILES string of the molecule is Cc1cc(C)[n+]2c(n1)CCN2c1ccccc1. The highest BCUT2D eigenvalue weighted by Gasteiger charge is 2.30. The van der Waals surface area contributed by atoms with Gasteiger partial charge in [-0.3, -0.25) is 0 Å². The highest BCUT2D eigenvalue weighted by molar-refractivity contribution is 5.43. The summed E-state index contributed by atoms with van der Waals surface area (Å²) in [5.74, 6) is 1.16. The minimum absolute atomic E-state index is 1.00. The molecule has 1 aliphatic heterocycles. The predicted molar refractivity (Wildman–Crippen MR) is 66.8 cm³/mol. The number of para-hydroxylation sites is 1. The molecule has 2 heterocycles. The Morgan fingerprint density at radius 1 is 1.18 bits per heavy atom. The zero-order chi connectivity index (χ0) is 11.8. The van der Waals surface area contributed by atoms with Crippen LogP contribution in [-0.2, 0) is 6.42 Å². The van der Waals surface area contributed by atoms with Gasteiger partial charge in [0.25, 0.3) is 0 Å². The predicted octanol–water partition coefficient (Wildman–Crippen LogP) is 1.81. The molecule has 2 aromatic rings. The molecule has 0 amide bonds. The summed E-state index contributed by atoms with van der Waals surface area (Å²) in [6.07, 6.45) is 1.01. The Balaban J connectivity index is 2.10. The lowest BCUT2D eigenvalue weighted by Crippen LogP contribution is -2.54. The summed E-state index contributed by atoms with van der Waals surface area (Å²) in [6, 6.07) is 12.6. The Kier molecular flexibility index (Phi) is 2.32. The summed E-state index contributed by atoms with van der Waals surface area (Å²) in [7, 11) is 0. The summed E-state index contributed by atoms with van der Waals surface area (Å²) >= 11 is 0. The number of fused-ring (bicyclic) bond motifs is 1. The standard InChI is InChI=1S/C14H16N3/c1-11-10-12(2)17-14(15-11)8-9-16(17)13-6-4-3-5-7-13/h3-7,10H,8-9H2,1-2H3/q+1. The van der Waals surface area contributed by atoms with E-state index in [1.165, 1.54) is 11.4 Å². The average Bonchev–Trinajstić information content (AvgIpc) is 2.74. The fourth-order valence-electron chi connectivity index (χ4n) is 2.49. The molecule has 1 aromatic heterocycles. The Bertz CT molecular complexity index is 549. The monoisotopic (exact) mass is 226 g/mol. The van der Waals surface area contributed by atoms with Gasteiger partial charge >= 0.3 is 5.82 Å². The van der Waals surface area contributed by atoms with Gasteiger partial charge in [-0.2, -0.15) is 0 Å². The van der Waals surface area contributed by atoms with Crippen molar-refractivity contribution in [3.8, 4) is 0 Å². The number of aromatic nitrogens is 2. The molecule has 3 heteroatoms. The maximum atomic E-state index is 4.61. The molecule has 0 unspecified atom stereocenters. The van der Waals surface area contributed by atoms with Crippen LogP contribution in [0.3, 0.4) is 0 Å². The third kappa shape index (κ3) is 1.68. The zero-order valence-electron chi connectivity index (χ0n) is 10.2. The molecule has 1 aliphatic rings. The highest BCUT2D eigenvalue weighted by Crippen LogP contribution is 2.16. The molecule has 0 aliphatic carbocycles. The second kappa shape index (κ2) is 3.84. The third-order valence-corrected chi connectivity index (χ3v) is 3.14. The van der Waals surface area contributed by atoms with Crippen molar-refractivity contribution in [2.75, 3.05) is 11.6 Å². The summed E-state index contributed by atoms with van der Waals surface area (Å²) in [5, 5.41) is 2.29. The lowest BCUT2D eigenvalue weighted by Gasteiger charge is -2.17. The maximum Gasteiger partial charge on any atom is 0.324 e. The van der Waals surface area contributed by atoms with E-state index < -0.39 is 0 Å². The summed E-state index contributed by atoms with van der Waals surface area (Å²) < 4.78 is 2.22. The van der Waals surface area contributed by atoms with Crippen LogP contribution in [0.15, 0.2) is 36.4 Å². The summed E-state index contributed by atoms with van der Waals surface area (Å²) in [6.45, 7) is 5.19. The molecule has 17 heavy (non-hydrogen) atoms. The summed E-state index contributed by atoms with van der Waals surface area (Å²) in [5.41, 5.74) is 3.57. The van der Waals surface area contributed by atoms with Crippen molar-refractivity contribution in [2.24, 2.45) is 0 Å². The van der Waals surface area contributed by atoms with Gasteiger partial charge in [-0.05, 0) is 17.1 Å². The van der Waals surface area contributed by atoms with E-state index in [0.717, 1.165) is 24.5 Å². The van der Waals surface area contributed by atoms with Gasteiger partial charge in [0, 0.05) is 19.9 Å². The van der Waals surface area contributed by atoms with Crippen molar-refractivity contribution in [3.63, 3.8) is 0 Å². The number of rotatable bonds is 1. The van der Waals surface area contributed by atoms with Gasteiger partial charge in [-0.15, -0.1) is 4.68 Å². The molecule has 1 aromatic carbocycles. The average molecular weight is 226 g/mol. The van der Waals surface area contributed by atoms with Crippen molar-refractivity contribution in [2.45, 2.75) is 20.3 Å². The Hall–Kier alpha value is -1.90. The zero-order valence-corrected chi connectivity index (χ0v) is 10.2. The van der Waals surface area contributed by atoms with Crippen LogP contribution in [0.1, 0.15) is 17.2 Å². The van der Waals surface area contributed by atoms with Crippen LogP contribution in [0.5, 0.6) is 0 Å². The van der Waals surface area contributed by atoms with E-state index in [1.54, 1.807) is 0 Å². The Labute approximate surface area is 101 Å². The molecule has 0 fully saturated rings. The number of anilines is 1. The van der Waals surface area contributed by atoms with Crippen molar-refractivity contribution in [3.05, 3.63) is 53.6 Å². The minimum Gasteiger partial charge on any atom is -0.211 e. The molecule has 0 N–H and O–H groups in total. The maximum absolute atomic E-state index is 4.61. The van der Waals surface area contributed by atoms with E-state index >= 15 is 0 Å². The second-order valence-corrected chi connectivity index (χ2v) is 4.48. The Morgan fingerprint density at radius 2 is 1.94 bits per heavy atom. The molecule has 0 saturated heterocycles. The minimum atomic E-state index is 1.00. The van der Waals surface area contributed by atoms with Crippen LogP contribution in [0.25, 0.3) is 0 Å². The molecule has 86 valence electrons. The Morgan fingerprint density at radius 3 is 2.71 bits per heavy atom. The van der Waals surface area contributed by atoms with Crippen LogP contribution in [0.4, 0.5) is 5.69 Å². The number of benzene rings is 1. The molecule has 0 spiro atoms. The molecule has 3 nitrogen and oxygen atoms in total. The normalized spacial score (nSPS) is 13.9. The first-order chi connectivity index (χ1) is 8.25. The quantitative estimate of drug-likeness (QED) is 0.691. The van der Waals surface area contributed by atoms with Gasteiger partial charge < -0.3 is 0 Å². The number of aryl methyl sites for hydroxylation is 2. The van der Waals surface area contributed by atoms with Gasteiger partial charge in [-0.25, -0.2) is 5.01 Å². The molecule has 0 atom stereocenters. The van der Waals surface area contributed by atoms with E-state index in [2.05, 4.69) is 58.8 Å². The van der Waals surface area contributed by atoms with E-state index in [0.29, 0.717) is 0 Å². The number of nitrogens with zero attached hydrogens (tertiary/aromatic N) is 3.